The number of hydrogen-bond acceptors (Lipinski definition) is 4. The van der Waals surface area contributed by atoms with Gasteiger partial charge in [-0.1, -0.05) is 0 Å². The summed E-state index contributed by atoms with van der Waals surface area (Å²) in [4.78, 5) is 0. The largest absolute Gasteiger partial charge is 0.523 e. The average Bonchev–Trinajstić information content (AvgIpc) is 2.02. The van der Waals surface area contributed by atoms with Gasteiger partial charge in [0.2, 0.25) is 0 Å². The van der Waals surface area contributed by atoms with Crippen molar-refractivity contribution in [1.82, 2.24) is 0 Å². The van der Waals surface area contributed by atoms with Gasteiger partial charge < -0.3 is 4.74 Å². The van der Waals surface area contributed by atoms with Crippen molar-refractivity contribution in [2.45, 2.75) is 18.9 Å². The van der Waals surface area contributed by atoms with Crippen molar-refractivity contribution < 1.29 is 30.5 Å². The van der Waals surface area contributed by atoms with Gasteiger partial charge in [-0.2, -0.15) is 21.6 Å². The molecule has 0 saturated carbocycles. The quantitative estimate of drug-likeness (QED) is 0.396. The van der Waals surface area contributed by atoms with Crippen LogP contribution in [0.3, 0.4) is 0 Å². The van der Waals surface area contributed by atoms with Crippen LogP contribution in [0.2, 0.25) is 0 Å². The molecule has 0 aliphatic carbocycles. The Bertz CT molecular complexity index is 246. The maximum absolute atomic E-state index is 11.7. The zero-order valence-corrected chi connectivity index (χ0v) is 8.32. The van der Waals surface area contributed by atoms with Gasteiger partial charge in [0.05, 0.1) is 6.61 Å². The Kier molecular flexibility index (Phi) is 5.38. The average molecular weight is 236 g/mol. The molecule has 0 rings (SSSR count). The minimum absolute atomic E-state index is 0.100. The molecule has 86 valence electrons. The molecule has 14 heavy (non-hydrogen) atoms. The van der Waals surface area contributed by atoms with Crippen LogP contribution in [0.15, 0.2) is 0 Å². The summed E-state index contributed by atoms with van der Waals surface area (Å²) in [5.74, 6) is 0. The van der Waals surface area contributed by atoms with Crippen molar-refractivity contribution in [2.75, 3.05) is 19.8 Å². The lowest BCUT2D eigenvalue weighted by atomic mass is 10.5. The minimum Gasteiger partial charge on any atom is -0.382 e. The second kappa shape index (κ2) is 5.52. The fraction of sp³-hybridized carbons (Fsp3) is 1.00. The summed E-state index contributed by atoms with van der Waals surface area (Å²) in [6, 6.07) is 0. The molecule has 0 N–H and O–H groups in total. The van der Waals surface area contributed by atoms with E-state index in [4.69, 9.17) is 4.74 Å². The Labute approximate surface area is 80.1 Å². The summed E-state index contributed by atoms with van der Waals surface area (Å²) in [6.45, 7) is 1.78. The number of alkyl halides is 3. The van der Waals surface area contributed by atoms with Gasteiger partial charge in [0.15, 0.2) is 0 Å². The third-order valence-electron chi connectivity index (χ3n) is 1.16. The molecule has 0 heterocycles. The lowest BCUT2D eigenvalue weighted by molar-refractivity contribution is -0.0545. The Hall–Kier alpha value is -0.340. The van der Waals surface area contributed by atoms with Crippen LogP contribution in [0.5, 0.6) is 0 Å². The first-order valence-electron chi connectivity index (χ1n) is 3.84. The van der Waals surface area contributed by atoms with E-state index in [1.165, 1.54) is 0 Å². The van der Waals surface area contributed by atoms with Crippen LogP contribution in [-0.4, -0.2) is 33.7 Å². The first kappa shape index (κ1) is 13.7. The van der Waals surface area contributed by atoms with E-state index in [1.807, 2.05) is 0 Å². The molecule has 0 aromatic heterocycles. The molecular formula is C6H11F3O4S. The van der Waals surface area contributed by atoms with Crippen LogP contribution in [0.4, 0.5) is 13.2 Å². The predicted octanol–water partition coefficient (Wildman–Crippen LogP) is 1.28. The van der Waals surface area contributed by atoms with Crippen molar-refractivity contribution >= 4 is 10.1 Å². The van der Waals surface area contributed by atoms with E-state index in [0.717, 1.165) is 0 Å². The highest BCUT2D eigenvalue weighted by molar-refractivity contribution is 7.87. The molecule has 0 fully saturated rings. The normalized spacial score (nSPS) is 13.1. The van der Waals surface area contributed by atoms with E-state index in [2.05, 4.69) is 4.18 Å². The lowest BCUT2D eigenvalue weighted by Gasteiger charge is -2.07. The zero-order valence-electron chi connectivity index (χ0n) is 7.50. The Morgan fingerprint density at radius 1 is 1.21 bits per heavy atom. The highest BCUT2D eigenvalue weighted by atomic mass is 32.2. The summed E-state index contributed by atoms with van der Waals surface area (Å²) in [5.41, 5.74) is -5.35. The van der Waals surface area contributed by atoms with Gasteiger partial charge in [-0.3, -0.25) is 4.18 Å². The zero-order chi connectivity index (χ0) is 11.2. The molecule has 0 bridgehead atoms. The summed E-state index contributed by atoms with van der Waals surface area (Å²) < 4.78 is 64.1. The Morgan fingerprint density at radius 3 is 2.21 bits per heavy atom. The van der Waals surface area contributed by atoms with Crippen molar-refractivity contribution in [3.63, 3.8) is 0 Å². The van der Waals surface area contributed by atoms with Gasteiger partial charge in [-0.05, 0) is 13.3 Å². The predicted molar refractivity (Wildman–Crippen MR) is 42.0 cm³/mol. The van der Waals surface area contributed by atoms with Crippen LogP contribution in [0.1, 0.15) is 13.3 Å². The highest BCUT2D eigenvalue weighted by Crippen LogP contribution is 2.24. The third-order valence-corrected chi connectivity index (χ3v) is 2.20. The smallest absolute Gasteiger partial charge is 0.382 e. The monoisotopic (exact) mass is 236 g/mol. The van der Waals surface area contributed by atoms with E-state index >= 15 is 0 Å². The number of halogens is 3. The molecule has 4 nitrogen and oxygen atoms in total. The molecule has 0 aliphatic heterocycles. The van der Waals surface area contributed by atoms with E-state index in [9.17, 15) is 21.6 Å². The second-order valence-electron chi connectivity index (χ2n) is 2.27. The van der Waals surface area contributed by atoms with Crippen LogP contribution >= 0.6 is 0 Å². The SMILES string of the molecule is CCOCCCOS(=O)(=O)C(F)(F)F. The topological polar surface area (TPSA) is 52.6 Å². The molecule has 0 radical (unpaired) electrons. The van der Waals surface area contributed by atoms with Gasteiger partial charge in [0, 0.05) is 13.2 Å². The summed E-state index contributed by atoms with van der Waals surface area (Å²) in [7, 11) is -5.44. The van der Waals surface area contributed by atoms with Crippen LogP contribution in [-0.2, 0) is 19.0 Å². The second-order valence-corrected chi connectivity index (χ2v) is 3.88. The Balaban J connectivity index is 3.80. The van der Waals surface area contributed by atoms with Crippen molar-refractivity contribution in [2.24, 2.45) is 0 Å². The van der Waals surface area contributed by atoms with Gasteiger partial charge in [-0.25, -0.2) is 0 Å². The minimum atomic E-state index is -5.44. The molecule has 0 atom stereocenters. The van der Waals surface area contributed by atoms with Crippen LogP contribution in [0.25, 0.3) is 0 Å². The number of rotatable bonds is 6. The van der Waals surface area contributed by atoms with E-state index < -0.39 is 22.2 Å². The maximum atomic E-state index is 11.7. The number of ether oxygens (including phenoxy) is 1. The highest BCUT2D eigenvalue weighted by Gasteiger charge is 2.47. The molecular weight excluding hydrogens is 225 g/mol. The first-order chi connectivity index (χ1) is 6.31. The third kappa shape index (κ3) is 4.77. The van der Waals surface area contributed by atoms with Crippen molar-refractivity contribution in [1.29, 1.82) is 0 Å². The first-order valence-corrected chi connectivity index (χ1v) is 5.25. The fourth-order valence-corrected chi connectivity index (χ4v) is 1.01. The van der Waals surface area contributed by atoms with Crippen LogP contribution < -0.4 is 0 Å². The van der Waals surface area contributed by atoms with Crippen molar-refractivity contribution in [3.8, 4) is 0 Å². The van der Waals surface area contributed by atoms with Gasteiger partial charge >= 0.3 is 15.6 Å². The molecule has 0 aromatic rings. The molecule has 0 saturated heterocycles. The lowest BCUT2D eigenvalue weighted by Crippen LogP contribution is -2.26. The van der Waals surface area contributed by atoms with Gasteiger partial charge in [0.25, 0.3) is 0 Å². The van der Waals surface area contributed by atoms with E-state index in [-0.39, 0.29) is 13.0 Å². The maximum Gasteiger partial charge on any atom is 0.523 e. The fourth-order valence-electron chi connectivity index (χ4n) is 0.541. The summed E-state index contributed by atoms with van der Waals surface area (Å²) >= 11 is 0. The molecule has 0 spiro atoms. The molecule has 0 aliphatic rings. The molecule has 8 heteroatoms. The van der Waals surface area contributed by atoms with Gasteiger partial charge in [0.1, 0.15) is 0 Å². The van der Waals surface area contributed by atoms with E-state index in [0.29, 0.717) is 6.61 Å². The van der Waals surface area contributed by atoms with Crippen molar-refractivity contribution in [3.05, 3.63) is 0 Å². The van der Waals surface area contributed by atoms with Gasteiger partial charge in [-0.15, -0.1) is 0 Å². The standard InChI is InChI=1S/C6H11F3O4S/c1-2-12-4-3-5-13-14(10,11)6(7,8)9/h2-5H2,1H3. The molecule has 0 aromatic carbocycles. The molecule has 0 amide bonds. The molecule has 0 unspecified atom stereocenters. The number of hydrogen-bond donors (Lipinski definition) is 0. The summed E-state index contributed by atoms with van der Waals surface area (Å²) in [5, 5.41) is 0. The van der Waals surface area contributed by atoms with Crippen LogP contribution in [0, 0.1) is 0 Å². The van der Waals surface area contributed by atoms with E-state index in [1.54, 1.807) is 6.92 Å². The Morgan fingerprint density at radius 2 is 1.79 bits per heavy atom. The summed E-state index contributed by atoms with van der Waals surface area (Å²) in [6.07, 6.45) is 0.100.